The lowest BCUT2D eigenvalue weighted by atomic mass is 9.65. The molecule has 0 radical (unpaired) electrons. The number of carbonyl (C=O) groups is 1. The maximum atomic E-state index is 15.9. The molecule has 3 atom stereocenters. The second kappa shape index (κ2) is 17.1. The van der Waals surface area contributed by atoms with Crippen LogP contribution >= 0.6 is 0 Å². The van der Waals surface area contributed by atoms with Gasteiger partial charge in [-0.3, -0.25) is 4.79 Å². The summed E-state index contributed by atoms with van der Waals surface area (Å²) in [6, 6.07) is 96.7. The third-order valence-corrected chi connectivity index (χ3v) is 17.7. The van der Waals surface area contributed by atoms with Gasteiger partial charge >= 0.3 is 0 Å². The van der Waals surface area contributed by atoms with E-state index in [2.05, 4.69) is 301 Å². The summed E-state index contributed by atoms with van der Waals surface area (Å²) in [5.74, 6) is 0.416. The van der Waals surface area contributed by atoms with Gasteiger partial charge < -0.3 is 9.80 Å². The topological polar surface area (TPSA) is 23.6 Å². The van der Waals surface area contributed by atoms with Crippen molar-refractivity contribution in [1.82, 2.24) is 0 Å². The van der Waals surface area contributed by atoms with Crippen LogP contribution in [0.25, 0.3) is 33.4 Å². The number of carbonyl (C=O) groups excluding carboxylic acids is 1. The molecule has 5 aliphatic carbocycles. The van der Waals surface area contributed by atoms with Crippen LogP contribution in [0.15, 0.2) is 291 Å². The minimum absolute atomic E-state index is 0.0133. The Bertz CT molecular complexity index is 4100. The SMILES string of the molecule is O=C(c1ccc2c(c1)C1(c3ccccc3-2)c2cc(N(c3ccccc3)c3ccccc3)ccc2-c2ccc(N(c3ccccc3)c3ccccc3)cc21)c1ccc2c(c1)C1(c3ccccc3-2)c2ccccc2C2C=CC=CC21. The van der Waals surface area contributed by atoms with Gasteiger partial charge in [0.05, 0.1) is 10.8 Å². The highest BCUT2D eigenvalue weighted by molar-refractivity contribution is 6.11. The number of hydrogen-bond donors (Lipinski definition) is 0. The lowest BCUT2D eigenvalue weighted by molar-refractivity contribution is 0.103. The first kappa shape index (κ1) is 44.5. The quantitative estimate of drug-likeness (QED) is 0.142. The fourth-order valence-corrected chi connectivity index (χ4v) is 14.7. The Balaban J connectivity index is 0.921. The van der Waals surface area contributed by atoms with Gasteiger partial charge in [-0.05, 0) is 163 Å². The molecule has 366 valence electrons. The minimum Gasteiger partial charge on any atom is -0.310 e. The first-order chi connectivity index (χ1) is 38.6. The van der Waals surface area contributed by atoms with E-state index in [0.717, 1.165) is 45.3 Å². The Kier molecular flexibility index (Phi) is 9.74. The molecule has 0 N–H and O–H groups in total. The Morgan fingerprint density at radius 1 is 0.308 bits per heavy atom. The first-order valence-electron chi connectivity index (χ1n) is 27.2. The van der Waals surface area contributed by atoms with Crippen molar-refractivity contribution in [2.75, 3.05) is 9.80 Å². The van der Waals surface area contributed by atoms with Gasteiger partial charge in [-0.1, -0.05) is 206 Å². The van der Waals surface area contributed by atoms with Gasteiger partial charge in [-0.2, -0.15) is 0 Å². The summed E-state index contributed by atoms with van der Waals surface area (Å²) in [5, 5.41) is 0. The zero-order valence-corrected chi connectivity index (χ0v) is 42.7. The second-order valence-corrected chi connectivity index (χ2v) is 21.4. The summed E-state index contributed by atoms with van der Waals surface area (Å²) in [7, 11) is 0. The first-order valence-corrected chi connectivity index (χ1v) is 27.2. The van der Waals surface area contributed by atoms with Gasteiger partial charge in [-0.25, -0.2) is 0 Å². The van der Waals surface area contributed by atoms with Crippen molar-refractivity contribution in [2.45, 2.75) is 16.7 Å². The monoisotopic (exact) mass is 994 g/mol. The number of anilines is 6. The molecular weight excluding hydrogens is 945 g/mol. The Labute approximate surface area is 455 Å². The molecule has 11 aromatic rings. The molecule has 3 nitrogen and oxygen atoms in total. The molecule has 0 fully saturated rings. The molecule has 0 saturated carbocycles. The highest BCUT2D eigenvalue weighted by Crippen LogP contribution is 2.67. The van der Waals surface area contributed by atoms with E-state index in [1.807, 2.05) is 0 Å². The summed E-state index contributed by atoms with van der Waals surface area (Å²) in [5.41, 5.74) is 23.5. The standard InChI is InChI=1S/C75H50N2O/c78-73(49-37-41-61-59-31-15-19-35-67(59)74(69(61)45-49)65-33-17-13-29-57(65)58-30-14-18-34-66(58)74)50-38-42-62-60-32-16-20-36-68(60)75(70(62)46-50)71-47-55(76(51-21-5-1-6-22-51)52-23-7-2-8-24-52)39-43-63(71)64-44-40-56(48-72(64)75)77(53-25-9-3-10-26-53)54-27-11-4-12-28-54/h1-48,57,65H. The average Bonchev–Trinajstić information content (AvgIpc) is 2.91. The van der Waals surface area contributed by atoms with Gasteiger partial charge in [0.1, 0.15) is 0 Å². The minimum atomic E-state index is -0.802. The number of fused-ring (bicyclic) bond motifs is 20. The summed E-state index contributed by atoms with van der Waals surface area (Å²) in [4.78, 5) is 20.6. The highest BCUT2D eigenvalue weighted by Gasteiger charge is 2.57. The van der Waals surface area contributed by atoms with E-state index < -0.39 is 10.8 Å². The van der Waals surface area contributed by atoms with Crippen molar-refractivity contribution >= 4 is 39.9 Å². The van der Waals surface area contributed by atoms with Crippen molar-refractivity contribution in [2.24, 2.45) is 5.92 Å². The summed E-state index contributed by atoms with van der Waals surface area (Å²) in [6.07, 6.45) is 9.20. The lowest BCUT2D eigenvalue weighted by Gasteiger charge is -2.36. The average molecular weight is 995 g/mol. The smallest absolute Gasteiger partial charge is 0.193 e. The number of nitrogens with zero attached hydrogens (tertiary/aromatic N) is 2. The summed E-state index contributed by atoms with van der Waals surface area (Å²) in [6.45, 7) is 0. The number of para-hydroxylation sites is 4. The zero-order valence-electron chi connectivity index (χ0n) is 42.7. The fraction of sp³-hybridized carbons (Fsp3) is 0.0533. The molecule has 0 aromatic heterocycles. The van der Waals surface area contributed by atoms with Gasteiger partial charge in [0.25, 0.3) is 0 Å². The van der Waals surface area contributed by atoms with E-state index >= 15 is 4.79 Å². The molecular formula is C75H50N2O. The van der Waals surface area contributed by atoms with Crippen LogP contribution in [0.5, 0.6) is 0 Å². The molecule has 5 aliphatic rings. The number of allylic oxidation sites excluding steroid dienone is 4. The molecule has 0 aliphatic heterocycles. The number of rotatable bonds is 8. The lowest BCUT2D eigenvalue weighted by Crippen LogP contribution is -2.33. The van der Waals surface area contributed by atoms with Gasteiger partial charge in [0.15, 0.2) is 5.78 Å². The molecule has 11 aromatic carbocycles. The normalized spacial score (nSPS) is 17.6. The van der Waals surface area contributed by atoms with Crippen molar-refractivity contribution in [1.29, 1.82) is 0 Å². The molecule has 16 rings (SSSR count). The van der Waals surface area contributed by atoms with Crippen LogP contribution in [0.3, 0.4) is 0 Å². The maximum absolute atomic E-state index is 15.9. The van der Waals surface area contributed by atoms with E-state index in [4.69, 9.17) is 0 Å². The predicted octanol–water partition coefficient (Wildman–Crippen LogP) is 18.4. The van der Waals surface area contributed by atoms with Gasteiger partial charge in [-0.15, -0.1) is 0 Å². The van der Waals surface area contributed by atoms with Crippen LogP contribution in [0.2, 0.25) is 0 Å². The predicted molar refractivity (Wildman–Crippen MR) is 318 cm³/mol. The molecule has 0 amide bonds. The van der Waals surface area contributed by atoms with Crippen molar-refractivity contribution in [3.05, 3.63) is 347 Å². The van der Waals surface area contributed by atoms with Gasteiger partial charge in [0.2, 0.25) is 0 Å². The molecule has 0 heterocycles. The molecule has 0 saturated heterocycles. The maximum Gasteiger partial charge on any atom is 0.193 e. The zero-order chi connectivity index (χ0) is 51.5. The van der Waals surface area contributed by atoms with E-state index in [-0.39, 0.29) is 17.6 Å². The number of ketones is 1. The third kappa shape index (κ3) is 6.13. The Morgan fingerprint density at radius 2 is 0.692 bits per heavy atom. The van der Waals surface area contributed by atoms with Crippen molar-refractivity contribution in [3.8, 4) is 33.4 Å². The van der Waals surface area contributed by atoms with Crippen LogP contribution in [-0.2, 0) is 10.8 Å². The number of benzene rings is 11. The van der Waals surface area contributed by atoms with Gasteiger partial charge in [0, 0.05) is 57.1 Å². The second-order valence-electron chi connectivity index (χ2n) is 21.4. The summed E-state index contributed by atoms with van der Waals surface area (Å²) >= 11 is 0. The van der Waals surface area contributed by atoms with E-state index in [1.165, 1.54) is 66.8 Å². The van der Waals surface area contributed by atoms with Crippen LogP contribution in [0, 0.1) is 5.92 Å². The van der Waals surface area contributed by atoms with E-state index in [1.54, 1.807) is 0 Å². The number of hydrogen-bond acceptors (Lipinski definition) is 3. The van der Waals surface area contributed by atoms with E-state index in [9.17, 15) is 0 Å². The summed E-state index contributed by atoms with van der Waals surface area (Å²) < 4.78 is 0. The van der Waals surface area contributed by atoms with Crippen LogP contribution in [0.4, 0.5) is 34.1 Å². The molecule has 3 heteroatoms. The van der Waals surface area contributed by atoms with Crippen LogP contribution in [-0.4, -0.2) is 5.78 Å². The molecule has 2 spiro atoms. The third-order valence-electron chi connectivity index (χ3n) is 17.7. The van der Waals surface area contributed by atoms with Crippen molar-refractivity contribution < 1.29 is 4.79 Å². The van der Waals surface area contributed by atoms with Crippen LogP contribution < -0.4 is 9.80 Å². The fourth-order valence-electron chi connectivity index (χ4n) is 14.7. The highest BCUT2D eigenvalue weighted by atomic mass is 16.1. The van der Waals surface area contributed by atoms with Crippen LogP contribution in [0.1, 0.15) is 66.3 Å². The molecule has 3 unspecified atom stereocenters. The van der Waals surface area contributed by atoms with Crippen molar-refractivity contribution in [3.63, 3.8) is 0 Å². The largest absolute Gasteiger partial charge is 0.310 e. The molecule has 0 bridgehead atoms. The Hall–Kier alpha value is -9.83. The van der Waals surface area contributed by atoms with E-state index in [0.29, 0.717) is 11.1 Å². The Morgan fingerprint density at radius 3 is 1.23 bits per heavy atom. The molecule has 78 heavy (non-hydrogen) atoms.